The standard InChI is InChI=1S/C17H20O/c1-17(2,3)13-14-9-11-16(12-10-14)18-15-7-5-4-6-8-15/h4-12H,13H2,1-3H3. The van der Waals surface area contributed by atoms with Crippen molar-refractivity contribution in [1.29, 1.82) is 0 Å². The minimum atomic E-state index is 0.321. The zero-order chi connectivity index (χ0) is 13.0. The highest BCUT2D eigenvalue weighted by atomic mass is 16.5. The SMILES string of the molecule is CC(C)(C)Cc1ccc(Oc2ccccc2)cc1. The van der Waals surface area contributed by atoms with Crippen LogP contribution in [0.5, 0.6) is 11.5 Å². The predicted octanol–water partition coefficient (Wildman–Crippen LogP) is 5.07. The molecule has 0 aliphatic rings. The highest BCUT2D eigenvalue weighted by Crippen LogP contribution is 2.24. The fraction of sp³-hybridized carbons (Fsp3) is 0.294. The van der Waals surface area contributed by atoms with E-state index in [1.165, 1.54) is 5.56 Å². The zero-order valence-corrected chi connectivity index (χ0v) is 11.3. The Labute approximate surface area is 109 Å². The average molecular weight is 240 g/mol. The van der Waals surface area contributed by atoms with Crippen molar-refractivity contribution in [3.05, 3.63) is 60.2 Å². The second-order valence-electron chi connectivity index (χ2n) is 5.80. The van der Waals surface area contributed by atoms with Gasteiger partial charge in [0.1, 0.15) is 11.5 Å². The number of para-hydroxylation sites is 1. The van der Waals surface area contributed by atoms with Crippen LogP contribution in [0.3, 0.4) is 0 Å². The third-order valence-electron chi connectivity index (χ3n) is 2.64. The molecule has 0 aromatic heterocycles. The van der Waals surface area contributed by atoms with Gasteiger partial charge in [0.05, 0.1) is 0 Å². The molecule has 0 aliphatic carbocycles. The van der Waals surface area contributed by atoms with E-state index in [-0.39, 0.29) is 0 Å². The van der Waals surface area contributed by atoms with Crippen LogP contribution < -0.4 is 4.74 Å². The summed E-state index contributed by atoms with van der Waals surface area (Å²) in [5.74, 6) is 1.76. The minimum absolute atomic E-state index is 0.321. The molecular formula is C17H20O. The van der Waals surface area contributed by atoms with Gasteiger partial charge in [-0.25, -0.2) is 0 Å². The molecule has 18 heavy (non-hydrogen) atoms. The van der Waals surface area contributed by atoms with Gasteiger partial charge in [0, 0.05) is 0 Å². The molecule has 1 heteroatoms. The van der Waals surface area contributed by atoms with Gasteiger partial charge in [-0.3, -0.25) is 0 Å². The van der Waals surface area contributed by atoms with E-state index in [1.807, 2.05) is 42.5 Å². The first-order valence-electron chi connectivity index (χ1n) is 6.35. The monoisotopic (exact) mass is 240 g/mol. The Bertz CT molecular complexity index is 477. The largest absolute Gasteiger partial charge is 0.457 e. The molecule has 2 aromatic rings. The summed E-state index contributed by atoms with van der Waals surface area (Å²) in [5, 5.41) is 0. The summed E-state index contributed by atoms with van der Waals surface area (Å²) >= 11 is 0. The quantitative estimate of drug-likeness (QED) is 0.728. The maximum absolute atomic E-state index is 5.76. The van der Waals surface area contributed by atoms with E-state index in [4.69, 9.17) is 4.74 Å². The van der Waals surface area contributed by atoms with E-state index in [1.54, 1.807) is 0 Å². The minimum Gasteiger partial charge on any atom is -0.457 e. The summed E-state index contributed by atoms with van der Waals surface area (Å²) in [6, 6.07) is 18.2. The van der Waals surface area contributed by atoms with Gasteiger partial charge in [0.15, 0.2) is 0 Å². The molecular weight excluding hydrogens is 220 g/mol. The fourth-order valence-electron chi connectivity index (χ4n) is 1.91. The molecule has 2 aromatic carbocycles. The van der Waals surface area contributed by atoms with E-state index in [0.717, 1.165) is 17.9 Å². The van der Waals surface area contributed by atoms with Crippen LogP contribution in [-0.4, -0.2) is 0 Å². The Morgan fingerprint density at radius 3 is 1.89 bits per heavy atom. The normalized spacial score (nSPS) is 11.3. The molecule has 0 fully saturated rings. The van der Waals surface area contributed by atoms with Crippen LogP contribution in [0.2, 0.25) is 0 Å². The van der Waals surface area contributed by atoms with Gasteiger partial charge in [-0.15, -0.1) is 0 Å². The third kappa shape index (κ3) is 3.92. The number of hydrogen-bond acceptors (Lipinski definition) is 1. The van der Waals surface area contributed by atoms with Gasteiger partial charge in [0.2, 0.25) is 0 Å². The van der Waals surface area contributed by atoms with Crippen LogP contribution >= 0.6 is 0 Å². The highest BCUT2D eigenvalue weighted by Gasteiger charge is 2.10. The van der Waals surface area contributed by atoms with Crippen molar-refractivity contribution in [2.75, 3.05) is 0 Å². The third-order valence-corrected chi connectivity index (χ3v) is 2.64. The van der Waals surface area contributed by atoms with Crippen molar-refractivity contribution in [2.24, 2.45) is 5.41 Å². The molecule has 0 unspecified atom stereocenters. The molecule has 0 spiro atoms. The highest BCUT2D eigenvalue weighted by molar-refractivity contribution is 5.33. The van der Waals surface area contributed by atoms with Gasteiger partial charge in [-0.2, -0.15) is 0 Å². The van der Waals surface area contributed by atoms with Crippen LogP contribution in [0.15, 0.2) is 54.6 Å². The second-order valence-corrected chi connectivity index (χ2v) is 5.80. The Hall–Kier alpha value is -1.76. The Morgan fingerprint density at radius 2 is 1.33 bits per heavy atom. The van der Waals surface area contributed by atoms with Gasteiger partial charge in [0.25, 0.3) is 0 Å². The first kappa shape index (κ1) is 12.7. The smallest absolute Gasteiger partial charge is 0.127 e. The van der Waals surface area contributed by atoms with E-state index >= 15 is 0 Å². The van der Waals surface area contributed by atoms with E-state index < -0.39 is 0 Å². The summed E-state index contributed by atoms with van der Waals surface area (Å²) in [6.45, 7) is 6.75. The van der Waals surface area contributed by atoms with E-state index in [2.05, 4.69) is 32.9 Å². The zero-order valence-electron chi connectivity index (χ0n) is 11.3. The molecule has 0 saturated carbocycles. The van der Waals surface area contributed by atoms with Crippen LogP contribution in [0.25, 0.3) is 0 Å². The fourth-order valence-corrected chi connectivity index (χ4v) is 1.91. The van der Waals surface area contributed by atoms with Crippen molar-refractivity contribution >= 4 is 0 Å². The summed E-state index contributed by atoms with van der Waals surface area (Å²) in [5.41, 5.74) is 1.67. The number of hydrogen-bond donors (Lipinski definition) is 0. The van der Waals surface area contributed by atoms with Crippen LogP contribution in [0.1, 0.15) is 26.3 Å². The lowest BCUT2D eigenvalue weighted by Gasteiger charge is -2.18. The Kier molecular flexibility index (Phi) is 3.71. The van der Waals surface area contributed by atoms with E-state index in [9.17, 15) is 0 Å². The number of ether oxygens (including phenoxy) is 1. The lowest BCUT2D eigenvalue weighted by molar-refractivity contribution is 0.410. The number of benzene rings is 2. The predicted molar refractivity (Wildman–Crippen MR) is 76.1 cm³/mol. The van der Waals surface area contributed by atoms with Crippen LogP contribution in [0, 0.1) is 5.41 Å². The van der Waals surface area contributed by atoms with Crippen LogP contribution in [0.4, 0.5) is 0 Å². The molecule has 0 radical (unpaired) electrons. The second kappa shape index (κ2) is 5.26. The maximum atomic E-state index is 5.76. The summed E-state index contributed by atoms with van der Waals surface area (Å²) < 4.78 is 5.76. The lowest BCUT2D eigenvalue weighted by atomic mass is 9.88. The van der Waals surface area contributed by atoms with Gasteiger partial charge >= 0.3 is 0 Å². The maximum Gasteiger partial charge on any atom is 0.127 e. The molecule has 2 rings (SSSR count). The first-order chi connectivity index (χ1) is 8.53. The Morgan fingerprint density at radius 1 is 0.778 bits per heavy atom. The van der Waals surface area contributed by atoms with Crippen molar-refractivity contribution in [1.82, 2.24) is 0 Å². The van der Waals surface area contributed by atoms with E-state index in [0.29, 0.717) is 5.41 Å². The molecule has 0 atom stereocenters. The van der Waals surface area contributed by atoms with Crippen molar-refractivity contribution in [3.8, 4) is 11.5 Å². The lowest BCUT2D eigenvalue weighted by Crippen LogP contribution is -2.08. The molecule has 0 bridgehead atoms. The van der Waals surface area contributed by atoms with Crippen molar-refractivity contribution in [3.63, 3.8) is 0 Å². The molecule has 0 amide bonds. The first-order valence-corrected chi connectivity index (χ1v) is 6.35. The van der Waals surface area contributed by atoms with Gasteiger partial charge in [-0.05, 0) is 41.7 Å². The Balaban J connectivity index is 2.04. The molecule has 0 N–H and O–H groups in total. The summed E-state index contributed by atoms with van der Waals surface area (Å²) in [7, 11) is 0. The van der Waals surface area contributed by atoms with Gasteiger partial charge < -0.3 is 4.74 Å². The van der Waals surface area contributed by atoms with Crippen molar-refractivity contribution in [2.45, 2.75) is 27.2 Å². The molecule has 1 nitrogen and oxygen atoms in total. The summed E-state index contributed by atoms with van der Waals surface area (Å²) in [6.07, 6.45) is 1.08. The molecule has 0 aliphatic heterocycles. The van der Waals surface area contributed by atoms with Gasteiger partial charge in [-0.1, -0.05) is 51.1 Å². The summed E-state index contributed by atoms with van der Waals surface area (Å²) in [4.78, 5) is 0. The molecule has 0 heterocycles. The van der Waals surface area contributed by atoms with Crippen LogP contribution in [-0.2, 0) is 6.42 Å². The average Bonchev–Trinajstić information content (AvgIpc) is 2.31. The molecule has 94 valence electrons. The van der Waals surface area contributed by atoms with Crippen molar-refractivity contribution < 1.29 is 4.74 Å². The topological polar surface area (TPSA) is 9.23 Å². The molecule has 0 saturated heterocycles. The number of rotatable bonds is 3.